The van der Waals surface area contributed by atoms with Crippen LogP contribution < -0.4 is 0 Å². The van der Waals surface area contributed by atoms with Crippen LogP contribution in [0.25, 0.3) is 0 Å². The Morgan fingerprint density at radius 1 is 1.43 bits per heavy atom. The minimum Gasteiger partial charge on any atom is -0.394 e. The van der Waals surface area contributed by atoms with Crippen LogP contribution in [0.1, 0.15) is 20.8 Å². The Morgan fingerprint density at radius 2 is 2.00 bits per heavy atom. The highest BCUT2D eigenvalue weighted by Gasteiger charge is 2.25. The van der Waals surface area contributed by atoms with Crippen molar-refractivity contribution < 1.29 is 9.90 Å². The van der Waals surface area contributed by atoms with E-state index < -0.39 is 0 Å². The van der Waals surface area contributed by atoms with Crippen LogP contribution in [-0.2, 0) is 4.79 Å². The zero-order valence-corrected chi connectivity index (χ0v) is 9.66. The molecule has 0 radical (unpaired) electrons. The van der Waals surface area contributed by atoms with Crippen LogP contribution in [0.5, 0.6) is 0 Å². The number of nitrogens with zero attached hydrogens (tertiary/aromatic N) is 2. The van der Waals surface area contributed by atoms with E-state index >= 15 is 0 Å². The molecular weight excluding hydrogens is 180 g/mol. The first-order chi connectivity index (χ1) is 6.65. The van der Waals surface area contributed by atoms with Crippen molar-refractivity contribution in [1.82, 2.24) is 9.80 Å². The maximum absolute atomic E-state index is 11.1. The highest BCUT2D eigenvalue weighted by Crippen LogP contribution is 2.07. The first kappa shape index (κ1) is 13.4. The summed E-state index contributed by atoms with van der Waals surface area (Å²) in [5.74, 6) is 0.0575. The lowest BCUT2D eigenvalue weighted by molar-refractivity contribution is -0.134. The van der Waals surface area contributed by atoms with E-state index in [1.165, 1.54) is 0 Å². The molecule has 0 aromatic rings. The van der Waals surface area contributed by atoms with E-state index in [0.29, 0.717) is 0 Å². The number of likely N-dealkylation sites (N-methyl/N-ethyl adjacent to an activating group) is 1. The van der Waals surface area contributed by atoms with E-state index in [9.17, 15) is 4.79 Å². The Labute approximate surface area is 86.5 Å². The highest BCUT2D eigenvalue weighted by atomic mass is 16.3. The van der Waals surface area contributed by atoms with Gasteiger partial charge in [-0.25, -0.2) is 0 Å². The minimum absolute atomic E-state index is 0.0127. The van der Waals surface area contributed by atoms with Crippen molar-refractivity contribution in [2.75, 3.05) is 33.3 Å². The van der Waals surface area contributed by atoms with Crippen LogP contribution in [0.15, 0.2) is 0 Å². The van der Waals surface area contributed by atoms with E-state index in [1.807, 2.05) is 20.9 Å². The van der Waals surface area contributed by atoms with Gasteiger partial charge in [-0.1, -0.05) is 13.8 Å². The molecule has 1 atom stereocenters. The van der Waals surface area contributed by atoms with E-state index in [-0.39, 0.29) is 18.6 Å². The van der Waals surface area contributed by atoms with Crippen molar-refractivity contribution in [2.24, 2.45) is 0 Å². The Hall–Kier alpha value is -0.610. The first-order valence-corrected chi connectivity index (χ1v) is 5.21. The van der Waals surface area contributed by atoms with Crippen molar-refractivity contribution in [3.05, 3.63) is 0 Å². The van der Waals surface area contributed by atoms with Crippen molar-refractivity contribution in [3.63, 3.8) is 0 Å². The molecular formula is C10H22N2O2. The van der Waals surface area contributed by atoms with Gasteiger partial charge in [0, 0.05) is 26.6 Å². The van der Waals surface area contributed by atoms with Crippen molar-refractivity contribution >= 4 is 5.91 Å². The third kappa shape index (κ3) is 3.64. The highest BCUT2D eigenvalue weighted by molar-refractivity contribution is 5.73. The molecule has 0 aromatic heterocycles. The first-order valence-electron chi connectivity index (χ1n) is 5.21. The predicted octanol–water partition coefficient (Wildman–Crippen LogP) is 0.167. The Morgan fingerprint density at radius 3 is 2.43 bits per heavy atom. The topological polar surface area (TPSA) is 43.8 Å². The molecule has 14 heavy (non-hydrogen) atoms. The number of amides is 1. The van der Waals surface area contributed by atoms with Crippen LogP contribution in [0, 0.1) is 0 Å². The summed E-state index contributed by atoms with van der Waals surface area (Å²) in [6, 6.07) is -0.0127. The standard InChI is InChI=1S/C8H16N2O2.C2H6/c1-7(12)10-4-3-9(2)5-8(10)6-11;1-2/h8,11H,3-6H2,1-2H3;1-2H3. The van der Waals surface area contributed by atoms with Gasteiger partial charge in [0.05, 0.1) is 12.6 Å². The molecule has 1 aliphatic heterocycles. The fraction of sp³-hybridized carbons (Fsp3) is 0.900. The lowest BCUT2D eigenvalue weighted by atomic mass is 10.2. The molecule has 1 amide bonds. The monoisotopic (exact) mass is 202 g/mol. The van der Waals surface area contributed by atoms with Crippen LogP contribution in [0.2, 0.25) is 0 Å². The lowest BCUT2D eigenvalue weighted by Crippen LogP contribution is -2.54. The maximum atomic E-state index is 11.1. The third-order valence-corrected chi connectivity index (χ3v) is 2.30. The Bertz CT molecular complexity index is 174. The summed E-state index contributed by atoms with van der Waals surface area (Å²) in [4.78, 5) is 14.9. The van der Waals surface area contributed by atoms with Crippen molar-refractivity contribution in [3.8, 4) is 0 Å². The summed E-state index contributed by atoms with van der Waals surface area (Å²) in [7, 11) is 2.00. The molecule has 1 fully saturated rings. The fourth-order valence-electron chi connectivity index (χ4n) is 1.58. The summed E-state index contributed by atoms with van der Waals surface area (Å²) in [6.07, 6.45) is 0. The van der Waals surface area contributed by atoms with E-state index in [2.05, 4.69) is 4.90 Å². The van der Waals surface area contributed by atoms with Gasteiger partial charge in [0.1, 0.15) is 0 Å². The quantitative estimate of drug-likeness (QED) is 0.659. The normalized spacial score (nSPS) is 22.6. The summed E-state index contributed by atoms with van der Waals surface area (Å²) in [5.41, 5.74) is 0. The van der Waals surface area contributed by atoms with Gasteiger partial charge in [-0.15, -0.1) is 0 Å². The molecule has 0 aromatic carbocycles. The average molecular weight is 202 g/mol. The molecule has 1 saturated heterocycles. The summed E-state index contributed by atoms with van der Waals surface area (Å²) in [6.45, 7) is 8.02. The number of carbonyl (C=O) groups excluding carboxylic acids is 1. The van der Waals surface area contributed by atoms with Gasteiger partial charge in [0.15, 0.2) is 0 Å². The molecule has 1 N–H and O–H groups in total. The van der Waals surface area contributed by atoms with E-state index in [0.717, 1.165) is 19.6 Å². The number of hydrogen-bond donors (Lipinski definition) is 1. The molecule has 1 unspecified atom stereocenters. The smallest absolute Gasteiger partial charge is 0.219 e. The fourth-order valence-corrected chi connectivity index (χ4v) is 1.58. The van der Waals surface area contributed by atoms with Gasteiger partial charge >= 0.3 is 0 Å². The van der Waals surface area contributed by atoms with E-state index in [4.69, 9.17) is 5.11 Å². The molecule has 84 valence electrons. The van der Waals surface area contributed by atoms with Gasteiger partial charge in [0.2, 0.25) is 5.91 Å². The number of hydrogen-bond acceptors (Lipinski definition) is 3. The molecule has 1 rings (SSSR count). The summed E-state index contributed by atoms with van der Waals surface area (Å²) < 4.78 is 0. The molecule has 0 spiro atoms. The zero-order valence-electron chi connectivity index (χ0n) is 9.66. The number of carbonyl (C=O) groups is 1. The number of piperazine rings is 1. The third-order valence-electron chi connectivity index (χ3n) is 2.30. The van der Waals surface area contributed by atoms with Crippen LogP contribution in [0.3, 0.4) is 0 Å². The maximum Gasteiger partial charge on any atom is 0.219 e. The summed E-state index contributed by atoms with van der Waals surface area (Å²) in [5, 5.41) is 9.01. The number of aliphatic hydroxyl groups is 1. The Balaban J connectivity index is 0.000000791. The lowest BCUT2D eigenvalue weighted by Gasteiger charge is -2.38. The van der Waals surface area contributed by atoms with Crippen LogP contribution in [-0.4, -0.2) is 60.1 Å². The van der Waals surface area contributed by atoms with Gasteiger partial charge in [-0.2, -0.15) is 0 Å². The van der Waals surface area contributed by atoms with Gasteiger partial charge < -0.3 is 14.9 Å². The minimum atomic E-state index is -0.0127. The van der Waals surface area contributed by atoms with Crippen molar-refractivity contribution in [2.45, 2.75) is 26.8 Å². The molecule has 0 aliphatic carbocycles. The van der Waals surface area contributed by atoms with E-state index in [1.54, 1.807) is 11.8 Å². The second kappa shape index (κ2) is 6.79. The zero-order chi connectivity index (χ0) is 11.1. The molecule has 0 saturated carbocycles. The van der Waals surface area contributed by atoms with Gasteiger partial charge in [-0.05, 0) is 7.05 Å². The molecule has 4 nitrogen and oxygen atoms in total. The number of aliphatic hydroxyl groups excluding tert-OH is 1. The number of rotatable bonds is 1. The largest absolute Gasteiger partial charge is 0.394 e. The van der Waals surface area contributed by atoms with Crippen LogP contribution in [0.4, 0.5) is 0 Å². The average Bonchev–Trinajstić information content (AvgIpc) is 2.20. The predicted molar refractivity (Wildman–Crippen MR) is 57.1 cm³/mol. The Kier molecular flexibility index (Phi) is 6.49. The molecule has 0 bridgehead atoms. The SMILES string of the molecule is CC.CC(=O)N1CCN(C)CC1CO. The second-order valence-electron chi connectivity index (χ2n) is 3.31. The van der Waals surface area contributed by atoms with Gasteiger partial charge in [-0.3, -0.25) is 4.79 Å². The van der Waals surface area contributed by atoms with Crippen LogP contribution >= 0.6 is 0 Å². The second-order valence-corrected chi connectivity index (χ2v) is 3.31. The molecule has 1 heterocycles. The molecule has 1 aliphatic rings. The van der Waals surface area contributed by atoms with Crippen molar-refractivity contribution in [1.29, 1.82) is 0 Å². The molecule has 4 heteroatoms. The summed E-state index contributed by atoms with van der Waals surface area (Å²) >= 11 is 0. The van der Waals surface area contributed by atoms with Gasteiger partial charge in [0.25, 0.3) is 0 Å².